The van der Waals surface area contributed by atoms with Crippen LogP contribution in [0.2, 0.25) is 0 Å². The summed E-state index contributed by atoms with van der Waals surface area (Å²) in [5.74, 6) is -0.266. The molecule has 0 aromatic heterocycles. The first-order chi connectivity index (χ1) is 13.6. The molecular weight excluding hydrogens is 372 g/mol. The van der Waals surface area contributed by atoms with Gasteiger partial charge in [0.1, 0.15) is 11.7 Å². The van der Waals surface area contributed by atoms with E-state index in [0.717, 1.165) is 0 Å². The summed E-state index contributed by atoms with van der Waals surface area (Å²) in [5.41, 5.74) is 6.71. The number of hydrogen-bond donors (Lipinski definition) is 4. The molecule has 5 N–H and O–H groups in total. The Morgan fingerprint density at radius 2 is 1.76 bits per heavy atom. The minimum atomic E-state index is -1.24. The van der Waals surface area contributed by atoms with Crippen molar-refractivity contribution in [2.24, 2.45) is 0 Å². The number of ketones is 1. The number of nitrogen functional groups attached to an aromatic ring is 1. The van der Waals surface area contributed by atoms with E-state index in [4.69, 9.17) is 10.5 Å². The van der Waals surface area contributed by atoms with Gasteiger partial charge in [0.15, 0.2) is 5.78 Å². The summed E-state index contributed by atoms with van der Waals surface area (Å²) in [4.78, 5) is 24.3. The number of nitrogens with one attached hydrogen (secondary N) is 1. The first kappa shape index (κ1) is 22.4. The molecule has 156 valence electrons. The monoisotopic (exact) mass is 400 g/mol. The molecule has 2 unspecified atom stereocenters. The van der Waals surface area contributed by atoms with E-state index in [-0.39, 0.29) is 30.0 Å². The fourth-order valence-corrected chi connectivity index (χ4v) is 2.72. The number of alkyl carbamates (subject to hydrolysis) is 1. The van der Waals surface area contributed by atoms with Gasteiger partial charge in [-0.3, -0.25) is 4.79 Å². The highest BCUT2D eigenvalue weighted by Gasteiger charge is 2.22. The van der Waals surface area contributed by atoms with Crippen LogP contribution in [-0.2, 0) is 4.74 Å². The largest absolute Gasteiger partial charge is 0.444 e. The van der Waals surface area contributed by atoms with Gasteiger partial charge in [0, 0.05) is 23.4 Å². The van der Waals surface area contributed by atoms with Gasteiger partial charge in [-0.05, 0) is 44.9 Å². The van der Waals surface area contributed by atoms with Crippen molar-refractivity contribution in [2.45, 2.75) is 45.0 Å². The standard InChI is InChI=1S/C22H28N2O5/c1-22(2,3)29-21(28)24-12-11-18(25)20(27)15-9-10-17(23)16(13-15)19(26)14-7-5-4-6-8-14/h4-10,13,18,20,25,27H,11-12,23H2,1-3H3,(H,24,28). The summed E-state index contributed by atoms with van der Waals surface area (Å²) in [7, 11) is 0. The summed E-state index contributed by atoms with van der Waals surface area (Å²) in [5, 5.41) is 23.3. The van der Waals surface area contributed by atoms with Crippen molar-refractivity contribution >= 4 is 17.6 Å². The molecule has 2 rings (SSSR count). The molecule has 2 aromatic rings. The highest BCUT2D eigenvalue weighted by Crippen LogP contribution is 2.25. The minimum absolute atomic E-state index is 0.104. The van der Waals surface area contributed by atoms with Crippen molar-refractivity contribution in [2.75, 3.05) is 12.3 Å². The number of aliphatic hydroxyl groups excluding tert-OH is 2. The van der Waals surface area contributed by atoms with Crippen LogP contribution in [0.25, 0.3) is 0 Å². The maximum Gasteiger partial charge on any atom is 0.407 e. The molecule has 2 atom stereocenters. The lowest BCUT2D eigenvalue weighted by Gasteiger charge is -2.21. The van der Waals surface area contributed by atoms with Crippen molar-refractivity contribution in [3.05, 3.63) is 65.2 Å². The van der Waals surface area contributed by atoms with Gasteiger partial charge in [0.05, 0.1) is 6.10 Å². The third kappa shape index (κ3) is 6.58. The lowest BCUT2D eigenvalue weighted by molar-refractivity contribution is 0.0123. The van der Waals surface area contributed by atoms with Crippen LogP contribution < -0.4 is 11.1 Å². The lowest BCUT2D eigenvalue weighted by atomic mass is 9.95. The van der Waals surface area contributed by atoms with E-state index in [2.05, 4.69) is 5.32 Å². The van der Waals surface area contributed by atoms with Crippen LogP contribution in [0.1, 0.15) is 54.8 Å². The second-order valence-corrected chi connectivity index (χ2v) is 7.77. The molecule has 0 bridgehead atoms. The van der Waals surface area contributed by atoms with Crippen LogP contribution in [-0.4, -0.2) is 40.3 Å². The van der Waals surface area contributed by atoms with Gasteiger partial charge in [-0.25, -0.2) is 4.79 Å². The summed E-state index contributed by atoms with van der Waals surface area (Å²) >= 11 is 0. The smallest absolute Gasteiger partial charge is 0.407 e. The van der Waals surface area contributed by atoms with Gasteiger partial charge in [-0.15, -0.1) is 0 Å². The number of rotatable bonds is 7. The molecule has 0 saturated carbocycles. The molecule has 29 heavy (non-hydrogen) atoms. The predicted octanol–water partition coefficient (Wildman–Crippen LogP) is 2.81. The van der Waals surface area contributed by atoms with Gasteiger partial charge < -0.3 is 26.0 Å². The Labute approximate surface area is 170 Å². The maximum atomic E-state index is 12.7. The SMILES string of the molecule is CC(C)(C)OC(=O)NCCC(O)C(O)c1ccc(N)c(C(=O)c2ccccc2)c1. The van der Waals surface area contributed by atoms with Gasteiger partial charge in [-0.1, -0.05) is 36.4 Å². The van der Waals surface area contributed by atoms with Crippen molar-refractivity contribution in [3.8, 4) is 0 Å². The number of carbonyl (C=O) groups is 2. The molecule has 7 nitrogen and oxygen atoms in total. The van der Waals surface area contributed by atoms with Gasteiger partial charge >= 0.3 is 6.09 Å². The van der Waals surface area contributed by atoms with Crippen LogP contribution in [0.3, 0.4) is 0 Å². The third-order valence-electron chi connectivity index (χ3n) is 4.17. The second-order valence-electron chi connectivity index (χ2n) is 7.77. The van der Waals surface area contributed by atoms with Crippen LogP contribution >= 0.6 is 0 Å². The normalized spacial score (nSPS) is 13.4. The minimum Gasteiger partial charge on any atom is -0.444 e. The fourth-order valence-electron chi connectivity index (χ4n) is 2.72. The average Bonchev–Trinajstić information content (AvgIpc) is 2.66. The molecule has 0 aliphatic heterocycles. The van der Waals surface area contributed by atoms with Crippen molar-refractivity contribution in [3.63, 3.8) is 0 Å². The molecular formula is C22H28N2O5. The van der Waals surface area contributed by atoms with Crippen LogP contribution in [0.5, 0.6) is 0 Å². The number of carbonyl (C=O) groups excluding carboxylic acids is 2. The summed E-state index contributed by atoms with van der Waals surface area (Å²) in [6.45, 7) is 5.37. The fraction of sp³-hybridized carbons (Fsp3) is 0.364. The molecule has 0 heterocycles. The lowest BCUT2D eigenvalue weighted by Crippen LogP contribution is -2.34. The Bertz CT molecular complexity index is 846. The van der Waals surface area contributed by atoms with Gasteiger partial charge in [0.2, 0.25) is 0 Å². The zero-order valence-corrected chi connectivity index (χ0v) is 16.9. The number of ether oxygens (including phenoxy) is 1. The number of anilines is 1. The number of aliphatic hydroxyl groups is 2. The Morgan fingerprint density at radius 3 is 2.38 bits per heavy atom. The highest BCUT2D eigenvalue weighted by atomic mass is 16.6. The summed E-state index contributed by atoms with van der Waals surface area (Å²) < 4.78 is 5.12. The van der Waals surface area contributed by atoms with Crippen LogP contribution in [0.4, 0.5) is 10.5 Å². The Balaban J connectivity index is 2.02. The molecule has 0 aliphatic rings. The molecule has 0 spiro atoms. The molecule has 7 heteroatoms. The van der Waals surface area contributed by atoms with E-state index >= 15 is 0 Å². The first-order valence-electron chi connectivity index (χ1n) is 9.40. The maximum absolute atomic E-state index is 12.7. The number of amides is 1. The zero-order valence-electron chi connectivity index (χ0n) is 16.9. The number of hydrogen-bond acceptors (Lipinski definition) is 6. The Hall–Kier alpha value is -2.90. The Kier molecular flexibility index (Phi) is 7.36. The molecule has 0 radical (unpaired) electrons. The van der Waals surface area contributed by atoms with Crippen LogP contribution in [0, 0.1) is 0 Å². The zero-order chi connectivity index (χ0) is 21.6. The van der Waals surface area contributed by atoms with Crippen molar-refractivity contribution < 1.29 is 24.5 Å². The topological polar surface area (TPSA) is 122 Å². The van der Waals surface area contributed by atoms with E-state index in [1.54, 1.807) is 51.1 Å². The number of nitrogens with two attached hydrogens (primary N) is 1. The average molecular weight is 400 g/mol. The van der Waals surface area contributed by atoms with Gasteiger partial charge in [0.25, 0.3) is 0 Å². The molecule has 0 fully saturated rings. The summed E-state index contributed by atoms with van der Waals surface area (Å²) in [6, 6.07) is 13.3. The van der Waals surface area contributed by atoms with E-state index < -0.39 is 23.9 Å². The second kappa shape index (κ2) is 9.54. The van der Waals surface area contributed by atoms with Crippen LogP contribution in [0.15, 0.2) is 48.5 Å². The van der Waals surface area contributed by atoms with E-state index in [9.17, 15) is 19.8 Å². The molecule has 2 aromatic carbocycles. The molecule has 1 amide bonds. The third-order valence-corrected chi connectivity index (χ3v) is 4.17. The van der Waals surface area contributed by atoms with Gasteiger partial charge in [-0.2, -0.15) is 0 Å². The quantitative estimate of drug-likeness (QED) is 0.419. The summed E-state index contributed by atoms with van der Waals surface area (Å²) in [6.07, 6.45) is -2.87. The molecule has 0 saturated heterocycles. The van der Waals surface area contributed by atoms with Crippen molar-refractivity contribution in [1.82, 2.24) is 5.32 Å². The number of benzene rings is 2. The van der Waals surface area contributed by atoms with E-state index in [1.165, 1.54) is 12.1 Å². The predicted molar refractivity (Wildman–Crippen MR) is 111 cm³/mol. The molecule has 0 aliphatic carbocycles. The van der Waals surface area contributed by atoms with Crippen molar-refractivity contribution in [1.29, 1.82) is 0 Å². The highest BCUT2D eigenvalue weighted by molar-refractivity contribution is 6.12. The van der Waals surface area contributed by atoms with E-state index in [0.29, 0.717) is 11.1 Å². The first-order valence-corrected chi connectivity index (χ1v) is 9.40. The Morgan fingerprint density at radius 1 is 1.10 bits per heavy atom. The van der Waals surface area contributed by atoms with E-state index in [1.807, 2.05) is 6.07 Å².